The highest BCUT2D eigenvalue weighted by atomic mass is 19.1. The van der Waals surface area contributed by atoms with E-state index in [9.17, 15) is 4.39 Å². The van der Waals surface area contributed by atoms with E-state index in [0.29, 0.717) is 12.2 Å². The molecule has 2 rings (SSSR count). The fraction of sp³-hybridized carbons (Fsp3) is 0.267. The van der Waals surface area contributed by atoms with Gasteiger partial charge in [0.1, 0.15) is 11.6 Å². The second kappa shape index (κ2) is 6.85. The highest BCUT2D eigenvalue weighted by Crippen LogP contribution is 2.14. The first-order chi connectivity index (χ1) is 9.31. The van der Waals surface area contributed by atoms with Crippen molar-refractivity contribution in [3.63, 3.8) is 0 Å². The van der Waals surface area contributed by atoms with Crippen LogP contribution in [0.2, 0.25) is 0 Å². The van der Waals surface area contributed by atoms with Crippen molar-refractivity contribution < 1.29 is 9.13 Å². The number of anilines is 1. The molecular weight excluding hydrogens is 243 g/mol. The molecule has 0 unspecified atom stereocenters. The van der Waals surface area contributed by atoms with E-state index in [1.54, 1.807) is 24.4 Å². The normalized spacial score (nSPS) is 10.4. The fourth-order valence-corrected chi connectivity index (χ4v) is 1.77. The minimum Gasteiger partial charge on any atom is -0.372 e. The van der Waals surface area contributed by atoms with Gasteiger partial charge in [-0.25, -0.2) is 9.37 Å². The summed E-state index contributed by atoms with van der Waals surface area (Å²) in [6.07, 6.45) is 1.73. The molecule has 0 amide bonds. The van der Waals surface area contributed by atoms with Crippen LogP contribution in [0.3, 0.4) is 0 Å². The maximum absolute atomic E-state index is 13.4. The predicted octanol–water partition coefficient (Wildman–Crippen LogP) is 3.37. The van der Waals surface area contributed by atoms with E-state index in [4.69, 9.17) is 4.74 Å². The third-order valence-corrected chi connectivity index (χ3v) is 2.71. The quantitative estimate of drug-likeness (QED) is 0.864. The summed E-state index contributed by atoms with van der Waals surface area (Å²) in [4.78, 5) is 4.25. The standard InChI is InChI=1S/C15H17FN2O/c1-2-17-15-13(7-5-9-18-15)11-19-10-12-6-3-4-8-14(12)16/h3-9H,2,10-11H2,1H3,(H,17,18). The van der Waals surface area contributed by atoms with Crippen molar-refractivity contribution >= 4 is 5.82 Å². The van der Waals surface area contributed by atoms with E-state index in [1.165, 1.54) is 6.07 Å². The van der Waals surface area contributed by atoms with Crippen LogP contribution in [0.5, 0.6) is 0 Å². The zero-order valence-corrected chi connectivity index (χ0v) is 10.9. The van der Waals surface area contributed by atoms with E-state index in [1.807, 2.05) is 19.1 Å². The Morgan fingerprint density at radius 2 is 1.84 bits per heavy atom. The molecule has 0 aliphatic rings. The van der Waals surface area contributed by atoms with Crippen molar-refractivity contribution in [2.24, 2.45) is 0 Å². The van der Waals surface area contributed by atoms with Crippen molar-refractivity contribution in [2.75, 3.05) is 11.9 Å². The van der Waals surface area contributed by atoms with Crippen molar-refractivity contribution in [3.8, 4) is 0 Å². The Morgan fingerprint density at radius 1 is 1.11 bits per heavy atom. The maximum Gasteiger partial charge on any atom is 0.131 e. The molecule has 1 aromatic heterocycles. The summed E-state index contributed by atoms with van der Waals surface area (Å²) in [5.74, 6) is 0.583. The van der Waals surface area contributed by atoms with E-state index in [0.717, 1.165) is 17.9 Å². The van der Waals surface area contributed by atoms with Crippen LogP contribution in [0.1, 0.15) is 18.1 Å². The summed E-state index contributed by atoms with van der Waals surface area (Å²) < 4.78 is 19.0. The van der Waals surface area contributed by atoms with Gasteiger partial charge in [-0.3, -0.25) is 0 Å². The summed E-state index contributed by atoms with van der Waals surface area (Å²) in [5.41, 5.74) is 1.54. The smallest absolute Gasteiger partial charge is 0.131 e. The maximum atomic E-state index is 13.4. The SMILES string of the molecule is CCNc1ncccc1COCc1ccccc1F. The zero-order chi connectivity index (χ0) is 13.5. The third kappa shape index (κ3) is 3.76. The molecule has 0 fully saturated rings. The number of nitrogens with zero attached hydrogens (tertiary/aromatic N) is 1. The summed E-state index contributed by atoms with van der Waals surface area (Å²) in [6, 6.07) is 10.4. The molecule has 1 N–H and O–H groups in total. The highest BCUT2D eigenvalue weighted by Gasteiger charge is 2.04. The first-order valence-corrected chi connectivity index (χ1v) is 6.30. The van der Waals surface area contributed by atoms with Crippen molar-refractivity contribution in [3.05, 3.63) is 59.5 Å². The minimum absolute atomic E-state index is 0.236. The summed E-state index contributed by atoms with van der Waals surface area (Å²) >= 11 is 0. The van der Waals surface area contributed by atoms with Gasteiger partial charge >= 0.3 is 0 Å². The molecule has 0 atom stereocenters. The van der Waals surface area contributed by atoms with E-state index >= 15 is 0 Å². The van der Waals surface area contributed by atoms with Gasteiger partial charge in [-0.2, -0.15) is 0 Å². The van der Waals surface area contributed by atoms with Crippen LogP contribution in [0.25, 0.3) is 0 Å². The average Bonchev–Trinajstić information content (AvgIpc) is 2.43. The van der Waals surface area contributed by atoms with Gasteiger partial charge in [-0.15, -0.1) is 0 Å². The molecular formula is C15H17FN2O. The fourth-order valence-electron chi connectivity index (χ4n) is 1.77. The number of nitrogens with one attached hydrogen (secondary N) is 1. The molecule has 0 bridgehead atoms. The molecule has 1 heterocycles. The van der Waals surface area contributed by atoms with Gasteiger partial charge in [0.2, 0.25) is 0 Å². The summed E-state index contributed by atoms with van der Waals surface area (Å²) in [7, 11) is 0. The molecule has 3 nitrogen and oxygen atoms in total. The number of aromatic nitrogens is 1. The number of halogens is 1. The number of hydrogen-bond acceptors (Lipinski definition) is 3. The number of rotatable bonds is 6. The lowest BCUT2D eigenvalue weighted by Gasteiger charge is -2.10. The van der Waals surface area contributed by atoms with E-state index in [-0.39, 0.29) is 12.4 Å². The largest absolute Gasteiger partial charge is 0.372 e. The molecule has 19 heavy (non-hydrogen) atoms. The lowest BCUT2D eigenvalue weighted by Crippen LogP contribution is -2.05. The Kier molecular flexibility index (Phi) is 4.86. The van der Waals surface area contributed by atoms with Gasteiger partial charge < -0.3 is 10.1 Å². The van der Waals surface area contributed by atoms with Gasteiger partial charge in [0.25, 0.3) is 0 Å². The van der Waals surface area contributed by atoms with Crippen LogP contribution in [-0.2, 0) is 18.0 Å². The van der Waals surface area contributed by atoms with E-state index < -0.39 is 0 Å². The second-order valence-electron chi connectivity index (χ2n) is 4.13. The number of pyridine rings is 1. The minimum atomic E-state index is -0.236. The lowest BCUT2D eigenvalue weighted by atomic mass is 10.2. The predicted molar refractivity (Wildman–Crippen MR) is 73.3 cm³/mol. The number of benzene rings is 1. The zero-order valence-electron chi connectivity index (χ0n) is 10.9. The van der Waals surface area contributed by atoms with Crippen LogP contribution >= 0.6 is 0 Å². The van der Waals surface area contributed by atoms with Crippen LogP contribution in [0.4, 0.5) is 10.2 Å². The molecule has 1 aromatic carbocycles. The Hall–Kier alpha value is -1.94. The van der Waals surface area contributed by atoms with Crippen molar-refractivity contribution in [1.82, 2.24) is 4.98 Å². The van der Waals surface area contributed by atoms with E-state index in [2.05, 4.69) is 10.3 Å². The van der Waals surface area contributed by atoms with Gasteiger partial charge in [0, 0.05) is 23.9 Å². The molecule has 4 heteroatoms. The van der Waals surface area contributed by atoms with Crippen molar-refractivity contribution in [2.45, 2.75) is 20.1 Å². The van der Waals surface area contributed by atoms with Crippen LogP contribution in [0.15, 0.2) is 42.6 Å². The number of hydrogen-bond donors (Lipinski definition) is 1. The van der Waals surface area contributed by atoms with Crippen molar-refractivity contribution in [1.29, 1.82) is 0 Å². The third-order valence-electron chi connectivity index (χ3n) is 2.71. The molecule has 0 spiro atoms. The molecule has 2 aromatic rings. The van der Waals surface area contributed by atoms with Gasteiger partial charge in [0.15, 0.2) is 0 Å². The molecule has 0 saturated carbocycles. The Balaban J connectivity index is 1.94. The molecule has 0 aliphatic heterocycles. The van der Waals surface area contributed by atoms with Crippen LogP contribution in [0, 0.1) is 5.82 Å². The van der Waals surface area contributed by atoms with Crippen LogP contribution in [-0.4, -0.2) is 11.5 Å². The molecule has 0 saturated heterocycles. The first kappa shape index (κ1) is 13.5. The van der Waals surface area contributed by atoms with Gasteiger partial charge in [-0.05, 0) is 19.1 Å². The Bertz CT molecular complexity index is 531. The second-order valence-corrected chi connectivity index (χ2v) is 4.13. The summed E-state index contributed by atoms with van der Waals surface area (Å²) in [5, 5.41) is 3.17. The topological polar surface area (TPSA) is 34.2 Å². The van der Waals surface area contributed by atoms with Gasteiger partial charge in [0.05, 0.1) is 13.2 Å². The summed E-state index contributed by atoms with van der Waals surface area (Å²) in [6.45, 7) is 3.48. The van der Waals surface area contributed by atoms with Crippen LogP contribution < -0.4 is 5.32 Å². The monoisotopic (exact) mass is 260 g/mol. The first-order valence-electron chi connectivity index (χ1n) is 6.30. The average molecular weight is 260 g/mol. The Labute approximate surface area is 112 Å². The molecule has 0 aliphatic carbocycles. The van der Waals surface area contributed by atoms with Gasteiger partial charge in [-0.1, -0.05) is 24.3 Å². The lowest BCUT2D eigenvalue weighted by molar-refractivity contribution is 0.105. The Morgan fingerprint density at radius 3 is 2.63 bits per heavy atom. The molecule has 100 valence electrons. The number of ether oxygens (including phenoxy) is 1. The highest BCUT2D eigenvalue weighted by molar-refractivity contribution is 5.43. The molecule has 0 radical (unpaired) electrons.